The predicted molar refractivity (Wildman–Crippen MR) is 51.0 cm³/mol. The van der Waals surface area contributed by atoms with Gasteiger partial charge in [-0.1, -0.05) is 0 Å². The number of nitrogens with two attached hydrogens (primary N) is 1. The summed E-state index contributed by atoms with van der Waals surface area (Å²) in [7, 11) is 0. The lowest BCUT2D eigenvalue weighted by molar-refractivity contribution is 0.0995. The van der Waals surface area contributed by atoms with Crippen LogP contribution >= 0.6 is 0 Å². The molecule has 74 valence electrons. The molecule has 2 N–H and O–H groups in total. The van der Waals surface area contributed by atoms with E-state index in [1.807, 2.05) is 0 Å². The minimum Gasteiger partial charge on any atom is -0.477 e. The van der Waals surface area contributed by atoms with Crippen molar-refractivity contribution in [3.63, 3.8) is 0 Å². The van der Waals surface area contributed by atoms with Crippen molar-refractivity contribution in [2.24, 2.45) is 11.7 Å². The lowest BCUT2D eigenvalue weighted by Crippen LogP contribution is -2.14. The van der Waals surface area contributed by atoms with E-state index in [-0.39, 0.29) is 0 Å². The van der Waals surface area contributed by atoms with Gasteiger partial charge in [0.1, 0.15) is 5.56 Å². The van der Waals surface area contributed by atoms with Gasteiger partial charge in [-0.25, -0.2) is 4.98 Å². The Hall–Kier alpha value is -1.58. The number of hydrogen-bond acceptors (Lipinski definition) is 3. The van der Waals surface area contributed by atoms with Crippen LogP contribution in [0.5, 0.6) is 5.88 Å². The second kappa shape index (κ2) is 3.65. The van der Waals surface area contributed by atoms with Gasteiger partial charge in [-0.15, -0.1) is 0 Å². The third kappa shape index (κ3) is 2.02. The molecular formula is C10H12N2O2. The minimum atomic E-state index is -0.496. The number of nitrogens with zero attached hydrogens (tertiary/aromatic N) is 1. The molecule has 0 radical (unpaired) electrons. The maximum Gasteiger partial charge on any atom is 0.254 e. The van der Waals surface area contributed by atoms with E-state index >= 15 is 0 Å². The van der Waals surface area contributed by atoms with E-state index < -0.39 is 5.91 Å². The zero-order valence-electron chi connectivity index (χ0n) is 7.77. The summed E-state index contributed by atoms with van der Waals surface area (Å²) in [6.45, 7) is 0.636. The van der Waals surface area contributed by atoms with Crippen LogP contribution in [0.1, 0.15) is 23.2 Å². The fraction of sp³-hybridized carbons (Fsp3) is 0.400. The summed E-state index contributed by atoms with van der Waals surface area (Å²) in [4.78, 5) is 15.0. The summed E-state index contributed by atoms with van der Waals surface area (Å²) in [5, 5.41) is 0. The molecule has 0 saturated heterocycles. The average molecular weight is 192 g/mol. The number of hydrogen-bond donors (Lipinski definition) is 1. The van der Waals surface area contributed by atoms with Crippen LogP contribution in [0.4, 0.5) is 0 Å². The molecule has 1 fully saturated rings. The lowest BCUT2D eigenvalue weighted by Gasteiger charge is -2.06. The highest BCUT2D eigenvalue weighted by atomic mass is 16.5. The molecule has 0 spiro atoms. The summed E-state index contributed by atoms with van der Waals surface area (Å²) in [5.74, 6) is 0.494. The van der Waals surface area contributed by atoms with Gasteiger partial charge in [0.15, 0.2) is 0 Å². The lowest BCUT2D eigenvalue weighted by atomic mass is 10.2. The summed E-state index contributed by atoms with van der Waals surface area (Å²) < 4.78 is 5.41. The Balaban J connectivity index is 2.09. The number of pyridine rings is 1. The molecule has 0 bridgehead atoms. The topological polar surface area (TPSA) is 65.2 Å². The first-order chi connectivity index (χ1) is 6.77. The van der Waals surface area contributed by atoms with E-state index in [0.29, 0.717) is 24.0 Å². The van der Waals surface area contributed by atoms with Crippen molar-refractivity contribution in [3.8, 4) is 5.88 Å². The maximum atomic E-state index is 11.0. The number of rotatable bonds is 4. The van der Waals surface area contributed by atoms with Crippen molar-refractivity contribution in [2.45, 2.75) is 12.8 Å². The van der Waals surface area contributed by atoms with Crippen molar-refractivity contribution in [2.75, 3.05) is 6.61 Å². The Kier molecular flexibility index (Phi) is 2.35. The fourth-order valence-corrected chi connectivity index (χ4v) is 1.17. The van der Waals surface area contributed by atoms with E-state index in [0.717, 1.165) is 0 Å². The van der Waals surface area contributed by atoms with Crippen molar-refractivity contribution >= 4 is 5.91 Å². The average Bonchev–Trinajstić information content (AvgIpc) is 2.98. The van der Waals surface area contributed by atoms with E-state index in [1.165, 1.54) is 12.8 Å². The highest BCUT2D eigenvalue weighted by Crippen LogP contribution is 2.29. The Bertz CT molecular complexity index is 348. The molecule has 1 saturated carbocycles. The van der Waals surface area contributed by atoms with Crippen molar-refractivity contribution in [1.29, 1.82) is 0 Å². The minimum absolute atomic E-state index is 0.354. The van der Waals surface area contributed by atoms with Gasteiger partial charge in [0.05, 0.1) is 6.61 Å². The first-order valence-electron chi connectivity index (χ1n) is 4.65. The van der Waals surface area contributed by atoms with Gasteiger partial charge in [-0.3, -0.25) is 4.79 Å². The summed E-state index contributed by atoms with van der Waals surface area (Å²) in [6.07, 6.45) is 4.01. The van der Waals surface area contributed by atoms with Gasteiger partial charge in [-0.05, 0) is 30.9 Å². The van der Waals surface area contributed by atoms with E-state index in [2.05, 4.69) is 4.98 Å². The molecule has 1 amide bonds. The smallest absolute Gasteiger partial charge is 0.254 e. The molecule has 1 aromatic rings. The molecule has 1 aromatic heterocycles. The number of aromatic nitrogens is 1. The number of ether oxygens (including phenoxy) is 1. The van der Waals surface area contributed by atoms with Crippen LogP contribution in [0.3, 0.4) is 0 Å². The molecule has 4 nitrogen and oxygen atoms in total. The van der Waals surface area contributed by atoms with Crippen molar-refractivity contribution in [1.82, 2.24) is 4.98 Å². The molecule has 0 aromatic carbocycles. The highest BCUT2D eigenvalue weighted by Gasteiger charge is 2.23. The largest absolute Gasteiger partial charge is 0.477 e. The van der Waals surface area contributed by atoms with Gasteiger partial charge in [-0.2, -0.15) is 0 Å². The Morgan fingerprint density at radius 2 is 2.43 bits per heavy atom. The molecule has 14 heavy (non-hydrogen) atoms. The Labute approximate surface area is 82.1 Å². The second-order valence-electron chi connectivity index (χ2n) is 3.47. The Morgan fingerprint density at radius 1 is 1.64 bits per heavy atom. The molecule has 2 rings (SSSR count). The van der Waals surface area contributed by atoms with Crippen LogP contribution in [0, 0.1) is 5.92 Å². The third-order valence-corrected chi connectivity index (χ3v) is 2.19. The molecule has 0 atom stereocenters. The van der Waals surface area contributed by atoms with Crippen molar-refractivity contribution < 1.29 is 9.53 Å². The fourth-order valence-electron chi connectivity index (χ4n) is 1.17. The van der Waals surface area contributed by atoms with Gasteiger partial charge in [0, 0.05) is 6.20 Å². The quantitative estimate of drug-likeness (QED) is 0.773. The SMILES string of the molecule is NC(=O)c1cccnc1OCC1CC1. The molecule has 1 aliphatic rings. The monoisotopic (exact) mass is 192 g/mol. The summed E-state index contributed by atoms with van der Waals surface area (Å²) in [5.41, 5.74) is 5.53. The molecule has 1 heterocycles. The van der Waals surface area contributed by atoms with Crippen LogP contribution < -0.4 is 10.5 Å². The third-order valence-electron chi connectivity index (χ3n) is 2.19. The number of carbonyl (C=O) groups is 1. The van der Waals surface area contributed by atoms with Crippen molar-refractivity contribution in [3.05, 3.63) is 23.9 Å². The zero-order chi connectivity index (χ0) is 9.97. The maximum absolute atomic E-state index is 11.0. The Morgan fingerprint density at radius 3 is 3.07 bits per heavy atom. The van der Waals surface area contributed by atoms with Gasteiger partial charge < -0.3 is 10.5 Å². The van der Waals surface area contributed by atoms with Gasteiger partial charge >= 0.3 is 0 Å². The normalized spacial score (nSPS) is 15.1. The number of amides is 1. The number of carbonyl (C=O) groups excluding carboxylic acids is 1. The van der Waals surface area contributed by atoms with Crippen LogP contribution in [0.2, 0.25) is 0 Å². The first kappa shape index (κ1) is 8.99. The van der Waals surface area contributed by atoms with E-state index in [4.69, 9.17) is 10.5 Å². The molecular weight excluding hydrogens is 180 g/mol. The van der Waals surface area contributed by atoms with Gasteiger partial charge in [0.2, 0.25) is 5.88 Å². The van der Waals surface area contributed by atoms with Crippen LogP contribution in [0.25, 0.3) is 0 Å². The van der Waals surface area contributed by atoms with Crippen LogP contribution in [0.15, 0.2) is 18.3 Å². The van der Waals surface area contributed by atoms with E-state index in [1.54, 1.807) is 18.3 Å². The molecule has 0 unspecified atom stereocenters. The van der Waals surface area contributed by atoms with Crippen LogP contribution in [-0.2, 0) is 0 Å². The summed E-state index contributed by atoms with van der Waals surface area (Å²) in [6, 6.07) is 3.29. The first-order valence-corrected chi connectivity index (χ1v) is 4.65. The molecule has 1 aliphatic carbocycles. The molecule has 0 aliphatic heterocycles. The van der Waals surface area contributed by atoms with Crippen LogP contribution in [-0.4, -0.2) is 17.5 Å². The number of primary amides is 1. The highest BCUT2D eigenvalue weighted by molar-refractivity contribution is 5.94. The van der Waals surface area contributed by atoms with Gasteiger partial charge in [0.25, 0.3) is 5.91 Å². The summed E-state index contributed by atoms with van der Waals surface area (Å²) >= 11 is 0. The van der Waals surface area contributed by atoms with E-state index in [9.17, 15) is 4.79 Å². The predicted octanol–water partition coefficient (Wildman–Crippen LogP) is 0.969. The standard InChI is InChI=1S/C10H12N2O2/c11-9(13)8-2-1-5-12-10(8)14-6-7-3-4-7/h1-2,5,7H,3-4,6H2,(H2,11,13). The second-order valence-corrected chi connectivity index (χ2v) is 3.47. The molecule has 4 heteroatoms. The zero-order valence-corrected chi connectivity index (χ0v) is 7.77.